The van der Waals surface area contributed by atoms with Crippen LogP contribution in [0.2, 0.25) is 0 Å². The minimum absolute atomic E-state index is 0.0834. The number of hydrogen-bond acceptors (Lipinski definition) is 6. The monoisotopic (exact) mass is 408 g/mol. The number of rotatable bonds is 7. The second kappa shape index (κ2) is 8.06. The van der Waals surface area contributed by atoms with Crippen LogP contribution in [0.25, 0.3) is 11.3 Å². The molecule has 2 heterocycles. The Morgan fingerprint density at radius 2 is 2.07 bits per heavy atom. The van der Waals surface area contributed by atoms with Crippen LogP contribution in [0.4, 0.5) is 10.2 Å². The first-order valence-corrected chi connectivity index (χ1v) is 9.63. The molecule has 8 heteroatoms. The molecule has 7 nitrogen and oxygen atoms in total. The lowest BCUT2D eigenvalue weighted by Crippen LogP contribution is -2.42. The maximum absolute atomic E-state index is 14.2. The van der Waals surface area contributed by atoms with Crippen LogP contribution in [-0.2, 0) is 5.41 Å². The van der Waals surface area contributed by atoms with E-state index in [2.05, 4.69) is 20.5 Å². The van der Waals surface area contributed by atoms with E-state index in [1.165, 1.54) is 19.2 Å². The molecule has 0 saturated heterocycles. The van der Waals surface area contributed by atoms with Gasteiger partial charge in [0, 0.05) is 23.7 Å². The first kappa shape index (κ1) is 19.8. The van der Waals surface area contributed by atoms with Crippen LogP contribution in [0.1, 0.15) is 35.3 Å². The van der Waals surface area contributed by atoms with Crippen molar-refractivity contribution in [2.45, 2.75) is 24.7 Å². The molecule has 1 aliphatic rings. The predicted molar refractivity (Wildman–Crippen MR) is 109 cm³/mol. The van der Waals surface area contributed by atoms with Crippen LogP contribution in [-0.4, -0.2) is 39.9 Å². The van der Waals surface area contributed by atoms with Crippen LogP contribution < -0.4 is 10.1 Å². The summed E-state index contributed by atoms with van der Waals surface area (Å²) in [6.45, 7) is 0.524. The van der Waals surface area contributed by atoms with Crippen LogP contribution in [0.5, 0.6) is 5.75 Å². The molecule has 0 aliphatic heterocycles. The van der Waals surface area contributed by atoms with Crippen molar-refractivity contribution >= 4 is 11.8 Å². The molecule has 30 heavy (non-hydrogen) atoms. The number of anilines is 1. The van der Waals surface area contributed by atoms with Crippen LogP contribution in [0.3, 0.4) is 0 Å². The molecular weight excluding hydrogens is 387 g/mol. The number of nitrogens with zero attached hydrogens (tertiary/aromatic N) is 3. The Morgan fingerprint density at radius 1 is 1.23 bits per heavy atom. The summed E-state index contributed by atoms with van der Waals surface area (Å²) in [6.07, 6.45) is 4.40. The van der Waals surface area contributed by atoms with Gasteiger partial charge >= 0.3 is 5.97 Å². The zero-order valence-corrected chi connectivity index (χ0v) is 16.4. The highest BCUT2D eigenvalue weighted by molar-refractivity contribution is 5.91. The molecule has 0 unspecified atom stereocenters. The Kier molecular flexibility index (Phi) is 5.31. The van der Waals surface area contributed by atoms with Gasteiger partial charge in [0.15, 0.2) is 0 Å². The number of halogens is 1. The van der Waals surface area contributed by atoms with E-state index >= 15 is 0 Å². The van der Waals surface area contributed by atoms with Gasteiger partial charge in [-0.2, -0.15) is 0 Å². The minimum Gasteiger partial charge on any atom is -0.496 e. The Labute approximate surface area is 173 Å². The summed E-state index contributed by atoms with van der Waals surface area (Å²) in [4.78, 5) is 15.5. The molecule has 154 valence electrons. The van der Waals surface area contributed by atoms with Crippen molar-refractivity contribution in [2.24, 2.45) is 0 Å². The highest BCUT2D eigenvalue weighted by Gasteiger charge is 2.41. The normalized spacial score (nSPS) is 14.6. The SMILES string of the molecule is COc1cc(-c2ccc(NCC3(c4ncccc4F)CCC3)nn2)ccc1C(=O)O. The summed E-state index contributed by atoms with van der Waals surface area (Å²) >= 11 is 0. The largest absolute Gasteiger partial charge is 0.496 e. The zero-order chi connectivity index (χ0) is 21.1. The molecule has 0 radical (unpaired) electrons. The van der Waals surface area contributed by atoms with E-state index in [1.54, 1.807) is 36.5 Å². The smallest absolute Gasteiger partial charge is 0.339 e. The number of carboxylic acid groups (broad SMARTS) is 1. The molecule has 1 saturated carbocycles. The molecule has 0 bridgehead atoms. The Morgan fingerprint density at radius 3 is 2.67 bits per heavy atom. The molecule has 0 spiro atoms. The van der Waals surface area contributed by atoms with E-state index in [-0.39, 0.29) is 22.5 Å². The lowest BCUT2D eigenvalue weighted by atomic mass is 9.66. The Hall–Kier alpha value is -3.55. The number of aromatic nitrogens is 3. The third-order valence-electron chi connectivity index (χ3n) is 5.57. The second-order valence-electron chi connectivity index (χ2n) is 7.35. The topological polar surface area (TPSA) is 97.2 Å². The van der Waals surface area contributed by atoms with Crippen molar-refractivity contribution in [1.29, 1.82) is 0 Å². The van der Waals surface area contributed by atoms with Crippen molar-refractivity contribution in [3.05, 3.63) is 65.7 Å². The standard InChI is InChI=1S/C22H21FN4O3/c1-30-18-12-14(5-6-15(18)21(28)29)17-7-8-19(27-26-17)25-13-22(9-3-10-22)20-16(23)4-2-11-24-20/h2,4-8,11-12H,3,9-10,13H2,1H3,(H,25,27)(H,28,29). The predicted octanol–water partition coefficient (Wildman–Crippen LogP) is 3.92. The fourth-order valence-corrected chi connectivity index (χ4v) is 3.74. The van der Waals surface area contributed by atoms with Gasteiger partial charge in [0.2, 0.25) is 0 Å². The number of aromatic carboxylic acids is 1. The lowest BCUT2D eigenvalue weighted by Gasteiger charge is -2.41. The first-order valence-electron chi connectivity index (χ1n) is 9.63. The van der Waals surface area contributed by atoms with Crippen LogP contribution >= 0.6 is 0 Å². The molecule has 1 aromatic carbocycles. The van der Waals surface area contributed by atoms with E-state index in [1.807, 2.05) is 0 Å². The Bertz CT molecular complexity index is 1070. The van der Waals surface area contributed by atoms with Crippen LogP contribution in [0.15, 0.2) is 48.7 Å². The van der Waals surface area contributed by atoms with Crippen molar-refractivity contribution in [1.82, 2.24) is 15.2 Å². The van der Waals surface area contributed by atoms with E-state index in [0.29, 0.717) is 29.3 Å². The summed E-state index contributed by atoms with van der Waals surface area (Å²) in [5.74, 6) is -0.499. The fraction of sp³-hybridized carbons (Fsp3) is 0.273. The van der Waals surface area contributed by atoms with Crippen molar-refractivity contribution in [3.63, 3.8) is 0 Å². The first-order chi connectivity index (χ1) is 14.5. The maximum Gasteiger partial charge on any atom is 0.339 e. The molecule has 1 fully saturated rings. The second-order valence-corrected chi connectivity index (χ2v) is 7.35. The van der Waals surface area contributed by atoms with Crippen molar-refractivity contribution in [2.75, 3.05) is 19.0 Å². The fourth-order valence-electron chi connectivity index (χ4n) is 3.74. The van der Waals surface area contributed by atoms with Gasteiger partial charge < -0.3 is 15.2 Å². The highest BCUT2D eigenvalue weighted by atomic mass is 19.1. The van der Waals surface area contributed by atoms with Gasteiger partial charge in [-0.3, -0.25) is 4.98 Å². The number of carboxylic acids is 1. The van der Waals surface area contributed by atoms with Crippen LogP contribution in [0, 0.1) is 5.82 Å². The number of carbonyl (C=O) groups is 1. The number of ether oxygens (including phenoxy) is 1. The maximum atomic E-state index is 14.2. The molecule has 1 aliphatic carbocycles. The number of benzene rings is 1. The minimum atomic E-state index is -1.06. The van der Waals surface area contributed by atoms with E-state index < -0.39 is 5.97 Å². The summed E-state index contributed by atoms with van der Waals surface area (Å²) in [7, 11) is 1.42. The van der Waals surface area contributed by atoms with Gasteiger partial charge in [-0.1, -0.05) is 12.5 Å². The molecular formula is C22H21FN4O3. The molecule has 2 aromatic heterocycles. The third kappa shape index (κ3) is 3.68. The average molecular weight is 408 g/mol. The number of hydrogen-bond donors (Lipinski definition) is 2. The van der Waals surface area contributed by atoms with Crippen molar-refractivity contribution < 1.29 is 19.0 Å². The zero-order valence-electron chi connectivity index (χ0n) is 16.4. The molecule has 4 rings (SSSR count). The van der Waals surface area contributed by atoms with E-state index in [0.717, 1.165) is 19.3 Å². The van der Waals surface area contributed by atoms with E-state index in [4.69, 9.17) is 4.74 Å². The number of methoxy groups -OCH3 is 1. The molecule has 2 N–H and O–H groups in total. The lowest BCUT2D eigenvalue weighted by molar-refractivity contribution is 0.0693. The molecule has 0 atom stereocenters. The van der Waals surface area contributed by atoms with Gasteiger partial charge in [-0.15, -0.1) is 10.2 Å². The Balaban J connectivity index is 1.49. The summed E-state index contributed by atoms with van der Waals surface area (Å²) in [5.41, 5.74) is 1.54. The quantitative estimate of drug-likeness (QED) is 0.611. The van der Waals surface area contributed by atoms with Gasteiger partial charge in [0.05, 0.1) is 18.5 Å². The average Bonchev–Trinajstić information content (AvgIpc) is 2.74. The summed E-state index contributed by atoms with van der Waals surface area (Å²) < 4.78 is 19.4. The summed E-state index contributed by atoms with van der Waals surface area (Å²) in [6, 6.07) is 11.4. The van der Waals surface area contributed by atoms with Gasteiger partial charge in [0.25, 0.3) is 0 Å². The molecule has 3 aromatic rings. The summed E-state index contributed by atoms with van der Waals surface area (Å²) in [5, 5.41) is 20.9. The number of pyridine rings is 1. The highest BCUT2D eigenvalue weighted by Crippen LogP contribution is 2.43. The van der Waals surface area contributed by atoms with Gasteiger partial charge in [-0.25, -0.2) is 9.18 Å². The third-order valence-corrected chi connectivity index (χ3v) is 5.57. The van der Waals surface area contributed by atoms with Gasteiger partial charge in [-0.05, 0) is 49.2 Å². The number of nitrogens with one attached hydrogen (secondary N) is 1. The molecule has 0 amide bonds. The van der Waals surface area contributed by atoms with Gasteiger partial charge in [0.1, 0.15) is 22.9 Å². The van der Waals surface area contributed by atoms with Crippen molar-refractivity contribution in [3.8, 4) is 17.0 Å². The van der Waals surface area contributed by atoms with E-state index in [9.17, 15) is 14.3 Å².